The van der Waals surface area contributed by atoms with Gasteiger partial charge in [0, 0.05) is 5.56 Å². The Morgan fingerprint density at radius 2 is 2.12 bits per heavy atom. The molecule has 1 heterocycles. The molecule has 2 rings (SSSR count). The molecule has 0 saturated carbocycles. The lowest BCUT2D eigenvalue weighted by molar-refractivity contribution is -0.112. The van der Waals surface area contributed by atoms with Crippen LogP contribution in [0.4, 0.5) is 4.79 Å². The quantitative estimate of drug-likeness (QED) is 0.772. The molecule has 0 bridgehead atoms. The van der Waals surface area contributed by atoms with Crippen molar-refractivity contribution in [2.45, 2.75) is 31.7 Å². The average Bonchev–Trinajstić information content (AvgIpc) is 2.24. The molecule has 17 heavy (non-hydrogen) atoms. The third kappa shape index (κ3) is 2.06. The number of benzene rings is 1. The molecule has 1 aliphatic rings. The molecule has 1 aliphatic heterocycles. The number of carbonyl (C=O) groups excluding carboxylic acids is 1. The number of hydrogen-bond donors (Lipinski definition) is 2. The van der Waals surface area contributed by atoms with E-state index in [1.807, 2.05) is 6.07 Å². The number of hydrogen-bond acceptors (Lipinski definition) is 4. The molecule has 0 aliphatic carbocycles. The number of amides is 1. The Kier molecular flexibility index (Phi) is 2.71. The molecule has 1 amide bonds. The first-order valence-electron chi connectivity index (χ1n) is 5.34. The molecular weight excluding hydrogens is 222 g/mol. The van der Waals surface area contributed by atoms with Crippen molar-refractivity contribution in [1.82, 2.24) is 0 Å². The summed E-state index contributed by atoms with van der Waals surface area (Å²) < 4.78 is 10.6. The van der Waals surface area contributed by atoms with Crippen LogP contribution >= 0.6 is 0 Å². The van der Waals surface area contributed by atoms with E-state index in [0.717, 1.165) is 0 Å². The Hall–Kier alpha value is -1.75. The minimum atomic E-state index is -0.968. The maximum atomic E-state index is 10.9. The molecular formula is C12H15NO4. The van der Waals surface area contributed by atoms with Crippen LogP contribution in [-0.2, 0) is 4.74 Å². The summed E-state index contributed by atoms with van der Waals surface area (Å²) in [5.41, 5.74) is 4.80. The summed E-state index contributed by atoms with van der Waals surface area (Å²) in [7, 11) is 0. The van der Waals surface area contributed by atoms with Gasteiger partial charge < -0.3 is 20.3 Å². The highest BCUT2D eigenvalue weighted by molar-refractivity contribution is 5.65. The number of carbonyl (C=O) groups is 1. The fourth-order valence-corrected chi connectivity index (χ4v) is 1.94. The van der Waals surface area contributed by atoms with Crippen molar-refractivity contribution >= 4 is 6.09 Å². The minimum absolute atomic E-state index is 0.592. The fraction of sp³-hybridized carbons (Fsp3) is 0.417. The predicted octanol–water partition coefficient (Wildman–Crippen LogP) is 1.35. The minimum Gasteiger partial charge on any atom is -0.485 e. The number of para-hydroxylation sites is 1. The van der Waals surface area contributed by atoms with E-state index in [1.54, 1.807) is 32.0 Å². The SMILES string of the molecule is CC1(C)Oc2ccccc2C(OC(N)=O)C1O. The molecule has 5 heteroatoms. The van der Waals surface area contributed by atoms with Crippen LogP contribution in [-0.4, -0.2) is 22.9 Å². The van der Waals surface area contributed by atoms with Crippen molar-refractivity contribution in [3.8, 4) is 5.75 Å². The number of fused-ring (bicyclic) bond motifs is 1. The van der Waals surface area contributed by atoms with E-state index < -0.39 is 23.9 Å². The summed E-state index contributed by atoms with van der Waals surface area (Å²) in [6.07, 6.45) is -2.68. The lowest BCUT2D eigenvalue weighted by atomic mass is 9.88. The van der Waals surface area contributed by atoms with Gasteiger partial charge in [-0.3, -0.25) is 0 Å². The monoisotopic (exact) mass is 237 g/mol. The Bertz CT molecular complexity index is 444. The molecule has 1 aromatic carbocycles. The zero-order valence-corrected chi connectivity index (χ0v) is 9.71. The largest absolute Gasteiger partial charge is 0.485 e. The highest BCUT2D eigenvalue weighted by Gasteiger charge is 2.44. The molecule has 3 N–H and O–H groups in total. The normalized spacial score (nSPS) is 25.6. The lowest BCUT2D eigenvalue weighted by Gasteiger charge is -2.41. The van der Waals surface area contributed by atoms with Crippen molar-refractivity contribution in [3.63, 3.8) is 0 Å². The average molecular weight is 237 g/mol. The van der Waals surface area contributed by atoms with Crippen LogP contribution in [0.15, 0.2) is 24.3 Å². The Morgan fingerprint density at radius 1 is 1.47 bits per heavy atom. The zero-order chi connectivity index (χ0) is 12.6. The van der Waals surface area contributed by atoms with Crippen molar-refractivity contribution in [2.75, 3.05) is 0 Å². The number of aliphatic hydroxyl groups excluding tert-OH is 1. The maximum absolute atomic E-state index is 10.9. The summed E-state index contributed by atoms with van der Waals surface area (Å²) in [4.78, 5) is 10.9. The second-order valence-corrected chi connectivity index (χ2v) is 4.55. The van der Waals surface area contributed by atoms with Gasteiger partial charge in [0.1, 0.15) is 17.5 Å². The summed E-state index contributed by atoms with van der Waals surface area (Å²) in [6, 6.07) is 7.10. The van der Waals surface area contributed by atoms with E-state index in [-0.39, 0.29) is 0 Å². The second-order valence-electron chi connectivity index (χ2n) is 4.55. The van der Waals surface area contributed by atoms with Crippen LogP contribution in [0.2, 0.25) is 0 Å². The van der Waals surface area contributed by atoms with Gasteiger partial charge in [0.05, 0.1) is 0 Å². The van der Waals surface area contributed by atoms with Crippen LogP contribution in [0, 0.1) is 0 Å². The van der Waals surface area contributed by atoms with E-state index in [2.05, 4.69) is 0 Å². The summed E-state index contributed by atoms with van der Waals surface area (Å²) in [5.74, 6) is 0.592. The highest BCUT2D eigenvalue weighted by atomic mass is 16.6. The van der Waals surface area contributed by atoms with Gasteiger partial charge in [-0.2, -0.15) is 0 Å². The lowest BCUT2D eigenvalue weighted by Crippen LogP contribution is -2.50. The molecule has 0 saturated heterocycles. The molecule has 0 radical (unpaired) electrons. The van der Waals surface area contributed by atoms with E-state index in [4.69, 9.17) is 15.2 Å². The molecule has 0 fully saturated rings. The predicted molar refractivity (Wildman–Crippen MR) is 60.6 cm³/mol. The topological polar surface area (TPSA) is 81.8 Å². The number of nitrogens with two attached hydrogens (primary N) is 1. The second kappa shape index (κ2) is 3.92. The Balaban J connectivity index is 2.44. The number of aliphatic hydroxyl groups is 1. The first-order chi connectivity index (χ1) is 7.92. The molecule has 0 spiro atoms. The summed E-state index contributed by atoms with van der Waals surface area (Å²) in [6.45, 7) is 3.45. The molecule has 5 nitrogen and oxygen atoms in total. The van der Waals surface area contributed by atoms with Gasteiger partial charge in [-0.05, 0) is 19.9 Å². The number of primary amides is 1. The molecule has 0 aromatic heterocycles. The van der Waals surface area contributed by atoms with Crippen molar-refractivity contribution < 1.29 is 19.4 Å². The highest BCUT2D eigenvalue weighted by Crippen LogP contribution is 2.41. The third-order valence-corrected chi connectivity index (χ3v) is 2.84. The van der Waals surface area contributed by atoms with Gasteiger partial charge in [-0.25, -0.2) is 4.79 Å². The standard InChI is InChI=1S/C12H15NO4/c1-12(2)10(14)9(16-11(13)15)7-5-3-4-6-8(7)17-12/h3-6,9-10,14H,1-2H3,(H2,13,15). The summed E-state index contributed by atoms with van der Waals surface area (Å²) in [5, 5.41) is 10.1. The van der Waals surface area contributed by atoms with Crippen LogP contribution < -0.4 is 10.5 Å². The van der Waals surface area contributed by atoms with E-state index in [9.17, 15) is 9.90 Å². The van der Waals surface area contributed by atoms with E-state index >= 15 is 0 Å². The van der Waals surface area contributed by atoms with Crippen LogP contribution in [0.5, 0.6) is 5.75 Å². The van der Waals surface area contributed by atoms with E-state index in [1.165, 1.54) is 0 Å². The summed E-state index contributed by atoms with van der Waals surface area (Å²) >= 11 is 0. The van der Waals surface area contributed by atoms with Gasteiger partial charge in [0.25, 0.3) is 0 Å². The van der Waals surface area contributed by atoms with E-state index in [0.29, 0.717) is 11.3 Å². The van der Waals surface area contributed by atoms with Gasteiger partial charge in [0.2, 0.25) is 0 Å². The first-order valence-corrected chi connectivity index (χ1v) is 5.34. The van der Waals surface area contributed by atoms with Crippen molar-refractivity contribution in [3.05, 3.63) is 29.8 Å². The molecule has 2 atom stereocenters. The first kappa shape index (κ1) is 11.7. The van der Waals surface area contributed by atoms with Gasteiger partial charge in [-0.15, -0.1) is 0 Å². The number of ether oxygens (including phenoxy) is 2. The van der Waals surface area contributed by atoms with Crippen LogP contribution in [0.3, 0.4) is 0 Å². The van der Waals surface area contributed by atoms with Gasteiger partial charge >= 0.3 is 6.09 Å². The Labute approximate surface area is 99.1 Å². The fourth-order valence-electron chi connectivity index (χ4n) is 1.94. The zero-order valence-electron chi connectivity index (χ0n) is 9.71. The smallest absolute Gasteiger partial charge is 0.405 e. The molecule has 92 valence electrons. The van der Waals surface area contributed by atoms with Crippen molar-refractivity contribution in [1.29, 1.82) is 0 Å². The molecule has 2 unspecified atom stereocenters. The van der Waals surface area contributed by atoms with Crippen molar-refractivity contribution in [2.24, 2.45) is 5.73 Å². The van der Waals surface area contributed by atoms with Gasteiger partial charge in [0.15, 0.2) is 6.10 Å². The Morgan fingerprint density at radius 3 is 2.76 bits per heavy atom. The molecule has 1 aromatic rings. The van der Waals surface area contributed by atoms with Crippen LogP contribution in [0.25, 0.3) is 0 Å². The number of rotatable bonds is 1. The third-order valence-electron chi connectivity index (χ3n) is 2.84. The van der Waals surface area contributed by atoms with Crippen LogP contribution in [0.1, 0.15) is 25.5 Å². The maximum Gasteiger partial charge on any atom is 0.405 e. The van der Waals surface area contributed by atoms with Gasteiger partial charge in [-0.1, -0.05) is 18.2 Å².